The number of carboxylic acids is 1. The summed E-state index contributed by atoms with van der Waals surface area (Å²) < 4.78 is 0. The summed E-state index contributed by atoms with van der Waals surface area (Å²) in [6, 6.07) is 7.21. The van der Waals surface area contributed by atoms with E-state index in [4.69, 9.17) is 5.11 Å². The van der Waals surface area contributed by atoms with Gasteiger partial charge in [0.05, 0.1) is 16.3 Å². The van der Waals surface area contributed by atoms with E-state index in [1.165, 1.54) is 4.88 Å². The minimum atomic E-state index is -0.895. The molecule has 1 aromatic carbocycles. The SMILES string of the molecule is Cc1nc(C)c(C(C)NCc2cccc(C(=O)O)c2)s1. The number of rotatable bonds is 5. The molecule has 0 amide bonds. The van der Waals surface area contributed by atoms with Gasteiger partial charge in [0.1, 0.15) is 0 Å². The van der Waals surface area contributed by atoms with Crippen LogP contribution in [-0.4, -0.2) is 16.1 Å². The number of benzene rings is 1. The maximum Gasteiger partial charge on any atom is 0.335 e. The van der Waals surface area contributed by atoms with Gasteiger partial charge >= 0.3 is 5.97 Å². The van der Waals surface area contributed by atoms with Gasteiger partial charge in [-0.25, -0.2) is 9.78 Å². The molecule has 0 bridgehead atoms. The smallest absolute Gasteiger partial charge is 0.335 e. The van der Waals surface area contributed by atoms with Crippen molar-refractivity contribution >= 4 is 17.3 Å². The van der Waals surface area contributed by atoms with E-state index in [0.717, 1.165) is 16.3 Å². The molecule has 1 atom stereocenters. The van der Waals surface area contributed by atoms with E-state index < -0.39 is 5.97 Å². The lowest BCUT2D eigenvalue weighted by atomic mass is 10.1. The Morgan fingerprint density at radius 3 is 2.80 bits per heavy atom. The van der Waals surface area contributed by atoms with Crippen LogP contribution in [0.15, 0.2) is 24.3 Å². The largest absolute Gasteiger partial charge is 0.478 e. The van der Waals surface area contributed by atoms with E-state index in [9.17, 15) is 4.79 Å². The van der Waals surface area contributed by atoms with Crippen LogP contribution in [0.2, 0.25) is 0 Å². The molecule has 0 aliphatic carbocycles. The first kappa shape index (κ1) is 14.7. The second-order valence-electron chi connectivity index (χ2n) is 4.79. The number of carbonyl (C=O) groups is 1. The minimum Gasteiger partial charge on any atom is -0.478 e. The molecule has 20 heavy (non-hydrogen) atoms. The molecule has 2 N–H and O–H groups in total. The molecule has 2 rings (SSSR count). The summed E-state index contributed by atoms with van der Waals surface area (Å²) in [5, 5.41) is 13.5. The lowest BCUT2D eigenvalue weighted by molar-refractivity contribution is 0.0696. The molecule has 1 aromatic heterocycles. The van der Waals surface area contributed by atoms with Crippen molar-refractivity contribution in [2.75, 3.05) is 0 Å². The van der Waals surface area contributed by atoms with Crippen molar-refractivity contribution in [3.63, 3.8) is 0 Å². The van der Waals surface area contributed by atoms with E-state index in [0.29, 0.717) is 12.1 Å². The van der Waals surface area contributed by atoms with E-state index in [2.05, 4.69) is 17.2 Å². The quantitative estimate of drug-likeness (QED) is 0.887. The second kappa shape index (κ2) is 6.15. The number of nitrogens with one attached hydrogen (secondary N) is 1. The fourth-order valence-electron chi connectivity index (χ4n) is 2.13. The van der Waals surface area contributed by atoms with Crippen LogP contribution in [0.25, 0.3) is 0 Å². The molecule has 2 aromatic rings. The highest BCUT2D eigenvalue weighted by Gasteiger charge is 2.12. The zero-order valence-electron chi connectivity index (χ0n) is 11.8. The number of nitrogens with zero attached hydrogens (tertiary/aromatic N) is 1. The normalized spacial score (nSPS) is 12.3. The highest BCUT2D eigenvalue weighted by molar-refractivity contribution is 7.11. The Balaban J connectivity index is 2.03. The van der Waals surface area contributed by atoms with Gasteiger partial charge in [0, 0.05) is 17.5 Å². The number of thiazole rings is 1. The van der Waals surface area contributed by atoms with Crippen molar-refractivity contribution < 1.29 is 9.90 Å². The van der Waals surface area contributed by atoms with E-state index in [-0.39, 0.29) is 6.04 Å². The van der Waals surface area contributed by atoms with Crippen LogP contribution in [0.4, 0.5) is 0 Å². The summed E-state index contributed by atoms with van der Waals surface area (Å²) in [5.41, 5.74) is 2.35. The maximum atomic E-state index is 10.9. The summed E-state index contributed by atoms with van der Waals surface area (Å²) in [7, 11) is 0. The Labute approximate surface area is 122 Å². The third-order valence-corrected chi connectivity index (χ3v) is 4.37. The molecule has 1 heterocycles. The van der Waals surface area contributed by atoms with Gasteiger partial charge in [-0.2, -0.15) is 0 Å². The van der Waals surface area contributed by atoms with Crippen LogP contribution in [0.5, 0.6) is 0 Å². The van der Waals surface area contributed by atoms with Crippen molar-refractivity contribution in [2.45, 2.75) is 33.4 Å². The molecule has 4 nitrogen and oxygen atoms in total. The molecule has 5 heteroatoms. The van der Waals surface area contributed by atoms with Crippen LogP contribution >= 0.6 is 11.3 Å². The highest BCUT2D eigenvalue weighted by atomic mass is 32.1. The van der Waals surface area contributed by atoms with Crippen LogP contribution in [-0.2, 0) is 6.54 Å². The summed E-state index contributed by atoms with van der Waals surface area (Å²) in [6.07, 6.45) is 0. The fraction of sp³-hybridized carbons (Fsp3) is 0.333. The fourth-order valence-corrected chi connectivity index (χ4v) is 3.08. The second-order valence-corrected chi connectivity index (χ2v) is 6.03. The molecule has 106 valence electrons. The van der Waals surface area contributed by atoms with Gasteiger partial charge in [-0.05, 0) is 38.5 Å². The zero-order chi connectivity index (χ0) is 14.7. The van der Waals surface area contributed by atoms with Gasteiger partial charge in [-0.15, -0.1) is 11.3 Å². The van der Waals surface area contributed by atoms with Crippen LogP contribution in [0.1, 0.15) is 44.5 Å². The summed E-state index contributed by atoms with van der Waals surface area (Å²) in [5.74, 6) is -0.895. The van der Waals surface area contributed by atoms with Crippen molar-refractivity contribution in [3.8, 4) is 0 Å². The maximum absolute atomic E-state index is 10.9. The molecule has 0 spiro atoms. The Kier molecular flexibility index (Phi) is 4.52. The Hall–Kier alpha value is -1.72. The van der Waals surface area contributed by atoms with Crippen LogP contribution < -0.4 is 5.32 Å². The van der Waals surface area contributed by atoms with Gasteiger partial charge in [-0.1, -0.05) is 12.1 Å². The number of carboxylic acid groups (broad SMARTS) is 1. The van der Waals surface area contributed by atoms with Gasteiger partial charge < -0.3 is 10.4 Å². The topological polar surface area (TPSA) is 62.2 Å². The van der Waals surface area contributed by atoms with E-state index in [1.807, 2.05) is 19.9 Å². The molecule has 0 saturated carbocycles. The average molecular weight is 290 g/mol. The lowest BCUT2D eigenvalue weighted by Gasteiger charge is -2.13. The Morgan fingerprint density at radius 1 is 1.45 bits per heavy atom. The van der Waals surface area contributed by atoms with Crippen molar-refractivity contribution in [2.24, 2.45) is 0 Å². The molecule has 0 radical (unpaired) electrons. The standard InChI is InChI=1S/C15H18N2O2S/c1-9(14-10(2)17-11(3)20-14)16-8-12-5-4-6-13(7-12)15(18)19/h4-7,9,16H,8H2,1-3H3,(H,18,19). The number of hydrogen-bond acceptors (Lipinski definition) is 4. The van der Waals surface area contributed by atoms with Crippen molar-refractivity contribution in [1.29, 1.82) is 0 Å². The lowest BCUT2D eigenvalue weighted by Crippen LogP contribution is -2.18. The van der Waals surface area contributed by atoms with Gasteiger partial charge in [0.15, 0.2) is 0 Å². The zero-order valence-corrected chi connectivity index (χ0v) is 12.6. The molecule has 0 fully saturated rings. The molecule has 0 saturated heterocycles. The molecular formula is C15H18N2O2S. The van der Waals surface area contributed by atoms with Crippen LogP contribution in [0.3, 0.4) is 0 Å². The monoisotopic (exact) mass is 290 g/mol. The van der Waals surface area contributed by atoms with Crippen molar-refractivity contribution in [3.05, 3.63) is 51.0 Å². The van der Waals surface area contributed by atoms with E-state index >= 15 is 0 Å². The van der Waals surface area contributed by atoms with Gasteiger partial charge in [0.25, 0.3) is 0 Å². The first-order valence-corrected chi connectivity index (χ1v) is 7.28. The van der Waals surface area contributed by atoms with Gasteiger partial charge in [0.2, 0.25) is 0 Å². The Morgan fingerprint density at radius 2 is 2.20 bits per heavy atom. The number of aromatic nitrogens is 1. The summed E-state index contributed by atoms with van der Waals surface area (Å²) >= 11 is 1.70. The van der Waals surface area contributed by atoms with E-state index in [1.54, 1.807) is 29.5 Å². The first-order chi connectivity index (χ1) is 9.47. The molecule has 0 aliphatic heterocycles. The van der Waals surface area contributed by atoms with Gasteiger partial charge in [-0.3, -0.25) is 0 Å². The molecule has 0 aliphatic rings. The third-order valence-electron chi connectivity index (χ3n) is 3.12. The predicted molar refractivity (Wildman–Crippen MR) is 80.2 cm³/mol. The first-order valence-electron chi connectivity index (χ1n) is 6.47. The third kappa shape index (κ3) is 3.43. The molecular weight excluding hydrogens is 272 g/mol. The number of aryl methyl sites for hydroxylation is 2. The van der Waals surface area contributed by atoms with Crippen molar-refractivity contribution in [1.82, 2.24) is 10.3 Å². The highest BCUT2D eigenvalue weighted by Crippen LogP contribution is 2.24. The summed E-state index contributed by atoms with van der Waals surface area (Å²) in [4.78, 5) is 16.6. The van der Waals surface area contributed by atoms with Crippen LogP contribution in [0, 0.1) is 13.8 Å². The number of aromatic carboxylic acids is 1. The summed E-state index contributed by atoms with van der Waals surface area (Å²) in [6.45, 7) is 6.76. The average Bonchev–Trinajstić information content (AvgIpc) is 2.75. The molecule has 1 unspecified atom stereocenters. The number of hydrogen-bond donors (Lipinski definition) is 2. The predicted octanol–water partition coefficient (Wildman–Crippen LogP) is 3.31. The Bertz CT molecular complexity index is 622. The minimum absolute atomic E-state index is 0.203.